The highest BCUT2D eigenvalue weighted by Gasteiger charge is 1.83. The quantitative estimate of drug-likeness (QED) is 0.194. The zero-order chi connectivity index (χ0) is 8.81. The number of rotatable bonds is 0. The molecule has 0 saturated carbocycles. The van der Waals surface area contributed by atoms with Gasteiger partial charge in [0.25, 0.3) is 0 Å². The van der Waals surface area contributed by atoms with Crippen molar-refractivity contribution in [2.45, 2.75) is 0 Å². The van der Waals surface area contributed by atoms with E-state index < -0.39 is 0 Å². The van der Waals surface area contributed by atoms with E-state index in [1.54, 1.807) is 0 Å². The van der Waals surface area contributed by atoms with Gasteiger partial charge in [-0.2, -0.15) is 0 Å². The van der Waals surface area contributed by atoms with Gasteiger partial charge in [-0.05, 0) is 18.1 Å². The third-order valence-electron chi connectivity index (χ3n) is 1.22. The average Bonchev–Trinajstić information content (AvgIpc) is 2.16. The maximum absolute atomic E-state index is 8.17. The Hall–Kier alpha value is -1.95. The number of benzene rings is 1. The van der Waals surface area contributed by atoms with Gasteiger partial charge in [0.15, 0.2) is 0 Å². The van der Waals surface area contributed by atoms with Crippen LogP contribution in [-0.2, 0) is 0 Å². The Bertz CT molecular complexity index is 333. The molecule has 3 heteroatoms. The minimum Gasteiger partial charge on any atom is -0.409 e. The van der Waals surface area contributed by atoms with Crippen LogP contribution in [0.15, 0.2) is 35.5 Å². The van der Waals surface area contributed by atoms with E-state index >= 15 is 0 Å². The predicted octanol–water partition coefficient (Wildman–Crippen LogP) is 0.785. The van der Waals surface area contributed by atoms with Crippen LogP contribution in [0, 0.1) is 11.8 Å². The maximum atomic E-state index is 8.17. The molecule has 60 valence electrons. The first-order valence-corrected chi connectivity index (χ1v) is 3.37. The second-order valence-corrected chi connectivity index (χ2v) is 2.10. The van der Waals surface area contributed by atoms with Crippen LogP contribution in [0.5, 0.6) is 0 Å². The summed E-state index contributed by atoms with van der Waals surface area (Å²) in [4.78, 5) is 0. The molecule has 0 aliphatic heterocycles. The molecule has 1 aromatic rings. The van der Waals surface area contributed by atoms with E-state index in [9.17, 15) is 0 Å². The monoisotopic (exact) mass is 160 g/mol. The Kier molecular flexibility index (Phi) is 2.74. The lowest BCUT2D eigenvalue weighted by Crippen LogP contribution is -2.07. The van der Waals surface area contributed by atoms with Crippen molar-refractivity contribution in [2.24, 2.45) is 10.9 Å². The van der Waals surface area contributed by atoms with Crippen LogP contribution in [0.2, 0.25) is 0 Å². The van der Waals surface area contributed by atoms with Crippen LogP contribution >= 0.6 is 0 Å². The topological polar surface area (TPSA) is 58.6 Å². The Balaban J connectivity index is 2.81. The second kappa shape index (κ2) is 4.04. The van der Waals surface area contributed by atoms with Gasteiger partial charge in [0.1, 0.15) is 0 Å². The highest BCUT2D eigenvalue weighted by atomic mass is 16.4. The average molecular weight is 160 g/mol. The molecule has 12 heavy (non-hydrogen) atoms. The lowest BCUT2D eigenvalue weighted by atomic mass is 10.2. The summed E-state index contributed by atoms with van der Waals surface area (Å²) in [5.41, 5.74) is 5.98. The fourth-order valence-electron chi connectivity index (χ4n) is 0.683. The molecule has 0 radical (unpaired) electrons. The first-order chi connectivity index (χ1) is 5.83. The summed E-state index contributed by atoms with van der Waals surface area (Å²) in [6, 6.07) is 9.33. The molecule has 0 aromatic heterocycles. The molecule has 0 spiro atoms. The van der Waals surface area contributed by atoms with Crippen molar-refractivity contribution >= 4 is 5.84 Å². The number of hydrogen-bond acceptors (Lipinski definition) is 2. The van der Waals surface area contributed by atoms with E-state index in [0.29, 0.717) is 0 Å². The molecule has 0 atom stereocenters. The number of oxime groups is 1. The molecule has 1 rings (SSSR count). The van der Waals surface area contributed by atoms with Crippen molar-refractivity contribution < 1.29 is 5.21 Å². The molecule has 0 fully saturated rings. The van der Waals surface area contributed by atoms with Crippen LogP contribution in [0.25, 0.3) is 0 Å². The van der Waals surface area contributed by atoms with Crippen LogP contribution in [0.3, 0.4) is 0 Å². The van der Waals surface area contributed by atoms with Crippen molar-refractivity contribution in [3.8, 4) is 11.8 Å². The molecule has 0 heterocycles. The maximum Gasteiger partial charge on any atom is 0.214 e. The van der Waals surface area contributed by atoms with Crippen LogP contribution in [0.4, 0.5) is 0 Å². The fourth-order valence-corrected chi connectivity index (χ4v) is 0.683. The number of nitrogens with two attached hydrogens (primary N) is 1. The van der Waals surface area contributed by atoms with Gasteiger partial charge in [-0.1, -0.05) is 29.3 Å². The summed E-state index contributed by atoms with van der Waals surface area (Å²) in [6.07, 6.45) is 0. The van der Waals surface area contributed by atoms with Gasteiger partial charge in [0.05, 0.1) is 0 Å². The van der Waals surface area contributed by atoms with Crippen molar-refractivity contribution in [3.05, 3.63) is 35.9 Å². The summed E-state index contributed by atoms with van der Waals surface area (Å²) >= 11 is 0. The van der Waals surface area contributed by atoms with Crippen LogP contribution < -0.4 is 5.73 Å². The lowest BCUT2D eigenvalue weighted by Gasteiger charge is -1.85. The van der Waals surface area contributed by atoms with Crippen molar-refractivity contribution in [1.82, 2.24) is 0 Å². The fraction of sp³-hybridized carbons (Fsp3) is 0. The summed E-state index contributed by atoms with van der Waals surface area (Å²) in [5.74, 6) is 5.12. The molecule has 0 saturated heterocycles. The molecule has 0 unspecified atom stereocenters. The van der Waals surface area contributed by atoms with E-state index in [-0.39, 0.29) is 5.84 Å². The molecule has 0 amide bonds. The number of hydrogen-bond donors (Lipinski definition) is 2. The minimum atomic E-state index is -0.0844. The number of amidine groups is 1. The molecule has 3 N–H and O–H groups in total. The summed E-state index contributed by atoms with van der Waals surface area (Å²) in [7, 11) is 0. The minimum absolute atomic E-state index is 0.0844. The molecule has 0 bridgehead atoms. The molecule has 0 aliphatic rings. The van der Waals surface area contributed by atoms with Gasteiger partial charge >= 0.3 is 0 Å². The van der Waals surface area contributed by atoms with Gasteiger partial charge in [-0.3, -0.25) is 0 Å². The van der Waals surface area contributed by atoms with Gasteiger partial charge in [-0.15, -0.1) is 0 Å². The van der Waals surface area contributed by atoms with Crippen LogP contribution in [-0.4, -0.2) is 11.0 Å². The first kappa shape index (κ1) is 8.15. The van der Waals surface area contributed by atoms with Gasteiger partial charge in [0, 0.05) is 5.56 Å². The van der Waals surface area contributed by atoms with Gasteiger partial charge < -0.3 is 10.9 Å². The Morgan fingerprint density at radius 1 is 1.33 bits per heavy atom. The Morgan fingerprint density at radius 2 is 2.00 bits per heavy atom. The van der Waals surface area contributed by atoms with E-state index in [1.807, 2.05) is 30.3 Å². The zero-order valence-corrected chi connectivity index (χ0v) is 6.36. The smallest absolute Gasteiger partial charge is 0.214 e. The molecular weight excluding hydrogens is 152 g/mol. The standard InChI is InChI=1S/C9H8N2O/c10-9(11-12)7-6-8-4-2-1-3-5-8/h1-5,12H,(H2,10,11). The number of nitrogens with zero attached hydrogens (tertiary/aromatic N) is 1. The highest BCUT2D eigenvalue weighted by Crippen LogP contribution is 1.94. The lowest BCUT2D eigenvalue weighted by molar-refractivity contribution is 0.319. The third-order valence-corrected chi connectivity index (χ3v) is 1.22. The largest absolute Gasteiger partial charge is 0.409 e. The predicted molar refractivity (Wildman–Crippen MR) is 46.7 cm³/mol. The first-order valence-electron chi connectivity index (χ1n) is 3.37. The van der Waals surface area contributed by atoms with E-state index in [2.05, 4.69) is 17.0 Å². The summed E-state index contributed by atoms with van der Waals surface area (Å²) < 4.78 is 0. The van der Waals surface area contributed by atoms with E-state index in [1.165, 1.54) is 0 Å². The normalized spacial score (nSPS) is 10.2. The molecule has 3 nitrogen and oxygen atoms in total. The molecule has 1 aromatic carbocycles. The van der Waals surface area contributed by atoms with Gasteiger partial charge in [0.2, 0.25) is 5.84 Å². The van der Waals surface area contributed by atoms with Crippen LogP contribution in [0.1, 0.15) is 5.56 Å². The second-order valence-electron chi connectivity index (χ2n) is 2.10. The van der Waals surface area contributed by atoms with Crippen molar-refractivity contribution in [2.75, 3.05) is 0 Å². The van der Waals surface area contributed by atoms with E-state index in [0.717, 1.165) is 5.56 Å². The SMILES string of the molecule is NC(C#Cc1ccccc1)=NO. The highest BCUT2D eigenvalue weighted by molar-refractivity contribution is 5.97. The third kappa shape index (κ3) is 2.35. The summed E-state index contributed by atoms with van der Waals surface area (Å²) in [6.45, 7) is 0. The van der Waals surface area contributed by atoms with Crippen molar-refractivity contribution in [3.63, 3.8) is 0 Å². The summed E-state index contributed by atoms with van der Waals surface area (Å²) in [5, 5.41) is 10.9. The van der Waals surface area contributed by atoms with Gasteiger partial charge in [-0.25, -0.2) is 0 Å². The molecule has 0 aliphatic carbocycles. The zero-order valence-electron chi connectivity index (χ0n) is 6.36. The molecular formula is C9H8N2O. The van der Waals surface area contributed by atoms with E-state index in [4.69, 9.17) is 10.9 Å². The van der Waals surface area contributed by atoms with Crippen molar-refractivity contribution in [1.29, 1.82) is 0 Å². The Morgan fingerprint density at radius 3 is 2.58 bits per heavy atom. The Labute approximate surface area is 70.5 Å².